The SMILES string of the molecule is CS(=O)(=O)CCCC(O)c1ccc(F)cc1. The van der Waals surface area contributed by atoms with E-state index in [1.807, 2.05) is 0 Å². The molecular weight excluding hydrogens is 231 g/mol. The second kappa shape index (κ2) is 5.41. The van der Waals surface area contributed by atoms with E-state index in [1.165, 1.54) is 24.3 Å². The second-order valence-electron chi connectivity index (χ2n) is 3.84. The maximum atomic E-state index is 12.6. The van der Waals surface area contributed by atoms with Gasteiger partial charge in [0.1, 0.15) is 15.7 Å². The Labute approximate surface area is 94.8 Å². The Kier molecular flexibility index (Phi) is 4.44. The summed E-state index contributed by atoms with van der Waals surface area (Å²) in [5.74, 6) is -0.294. The van der Waals surface area contributed by atoms with Crippen molar-refractivity contribution in [1.29, 1.82) is 0 Å². The predicted octanol–water partition coefficient (Wildman–Crippen LogP) is 1.68. The summed E-state index contributed by atoms with van der Waals surface area (Å²) < 4.78 is 34.3. The van der Waals surface area contributed by atoms with Crippen LogP contribution in [0.25, 0.3) is 0 Å². The monoisotopic (exact) mass is 246 g/mol. The number of rotatable bonds is 5. The molecule has 1 rings (SSSR count). The van der Waals surface area contributed by atoms with E-state index in [0.717, 1.165) is 6.26 Å². The van der Waals surface area contributed by atoms with E-state index in [-0.39, 0.29) is 11.6 Å². The van der Waals surface area contributed by atoms with Gasteiger partial charge in [-0.25, -0.2) is 12.8 Å². The number of hydrogen-bond acceptors (Lipinski definition) is 3. The molecular formula is C11H15FO3S. The van der Waals surface area contributed by atoms with Gasteiger partial charge in [0.2, 0.25) is 0 Å². The molecule has 1 N–H and O–H groups in total. The highest BCUT2D eigenvalue weighted by Crippen LogP contribution is 2.18. The van der Waals surface area contributed by atoms with Crippen LogP contribution in [0, 0.1) is 5.82 Å². The largest absolute Gasteiger partial charge is 0.388 e. The molecule has 0 aliphatic heterocycles. The van der Waals surface area contributed by atoms with E-state index in [4.69, 9.17) is 0 Å². The lowest BCUT2D eigenvalue weighted by molar-refractivity contribution is 0.166. The first-order valence-electron chi connectivity index (χ1n) is 5.00. The zero-order chi connectivity index (χ0) is 12.2. The quantitative estimate of drug-likeness (QED) is 0.860. The summed E-state index contributed by atoms with van der Waals surface area (Å²) in [7, 11) is -2.98. The minimum atomic E-state index is -2.98. The number of halogens is 1. The predicted molar refractivity (Wildman–Crippen MR) is 60.3 cm³/mol. The van der Waals surface area contributed by atoms with Gasteiger partial charge in [-0.3, -0.25) is 0 Å². The van der Waals surface area contributed by atoms with E-state index in [9.17, 15) is 17.9 Å². The van der Waals surface area contributed by atoms with Crippen LogP contribution in [0.2, 0.25) is 0 Å². The van der Waals surface area contributed by atoms with Gasteiger partial charge in [0, 0.05) is 12.0 Å². The smallest absolute Gasteiger partial charge is 0.147 e. The molecule has 0 amide bonds. The van der Waals surface area contributed by atoms with Crippen molar-refractivity contribution in [3.05, 3.63) is 35.6 Å². The van der Waals surface area contributed by atoms with E-state index in [0.29, 0.717) is 18.4 Å². The molecule has 1 atom stereocenters. The number of benzene rings is 1. The first-order valence-corrected chi connectivity index (χ1v) is 7.06. The Morgan fingerprint density at radius 1 is 1.31 bits per heavy atom. The third-order valence-corrected chi connectivity index (χ3v) is 3.28. The molecule has 90 valence electrons. The van der Waals surface area contributed by atoms with Gasteiger partial charge in [-0.05, 0) is 30.5 Å². The summed E-state index contributed by atoms with van der Waals surface area (Å²) in [6.45, 7) is 0. The standard InChI is InChI=1S/C11H15FO3S/c1-16(14,15)8-2-3-11(13)9-4-6-10(12)7-5-9/h4-7,11,13H,2-3,8H2,1H3. The Bertz CT molecular complexity index is 425. The highest BCUT2D eigenvalue weighted by molar-refractivity contribution is 7.90. The van der Waals surface area contributed by atoms with Crippen LogP contribution in [-0.2, 0) is 9.84 Å². The van der Waals surface area contributed by atoms with Crippen molar-refractivity contribution in [2.24, 2.45) is 0 Å². The fourth-order valence-electron chi connectivity index (χ4n) is 1.39. The molecule has 0 saturated heterocycles. The maximum absolute atomic E-state index is 12.6. The van der Waals surface area contributed by atoms with Gasteiger partial charge < -0.3 is 5.11 Å². The molecule has 1 unspecified atom stereocenters. The van der Waals surface area contributed by atoms with Crippen LogP contribution in [0.1, 0.15) is 24.5 Å². The van der Waals surface area contributed by atoms with Crippen LogP contribution in [0.4, 0.5) is 4.39 Å². The molecule has 16 heavy (non-hydrogen) atoms. The first kappa shape index (κ1) is 13.1. The summed E-state index contributed by atoms with van der Waals surface area (Å²) >= 11 is 0. The van der Waals surface area contributed by atoms with E-state index >= 15 is 0 Å². The molecule has 0 bridgehead atoms. The van der Waals surface area contributed by atoms with E-state index < -0.39 is 15.9 Å². The molecule has 1 aromatic rings. The average molecular weight is 246 g/mol. The summed E-state index contributed by atoms with van der Waals surface area (Å²) in [6, 6.07) is 5.55. The molecule has 0 spiro atoms. The lowest BCUT2D eigenvalue weighted by atomic mass is 10.1. The van der Waals surface area contributed by atoms with Crippen molar-refractivity contribution in [2.75, 3.05) is 12.0 Å². The van der Waals surface area contributed by atoms with Gasteiger partial charge in [-0.15, -0.1) is 0 Å². The highest BCUT2D eigenvalue weighted by atomic mass is 32.2. The molecule has 0 radical (unpaired) electrons. The van der Waals surface area contributed by atoms with Crippen molar-refractivity contribution in [1.82, 2.24) is 0 Å². The number of hydrogen-bond donors (Lipinski definition) is 1. The highest BCUT2D eigenvalue weighted by Gasteiger charge is 2.09. The van der Waals surface area contributed by atoms with Crippen LogP contribution in [0.5, 0.6) is 0 Å². The van der Waals surface area contributed by atoms with Gasteiger partial charge >= 0.3 is 0 Å². The molecule has 0 saturated carbocycles. The molecule has 0 aliphatic carbocycles. The third kappa shape index (κ3) is 4.72. The van der Waals surface area contributed by atoms with Crippen LogP contribution >= 0.6 is 0 Å². The van der Waals surface area contributed by atoms with Crippen LogP contribution in [0.3, 0.4) is 0 Å². The number of sulfone groups is 1. The van der Waals surface area contributed by atoms with Gasteiger partial charge in [-0.1, -0.05) is 12.1 Å². The summed E-state index contributed by atoms with van der Waals surface area (Å²) in [5, 5.41) is 9.69. The summed E-state index contributed by atoms with van der Waals surface area (Å²) in [4.78, 5) is 0. The Balaban J connectivity index is 2.47. The third-order valence-electron chi connectivity index (χ3n) is 2.25. The molecule has 3 nitrogen and oxygen atoms in total. The minimum Gasteiger partial charge on any atom is -0.388 e. The first-order chi connectivity index (χ1) is 7.38. The summed E-state index contributed by atoms with van der Waals surface area (Å²) in [6.07, 6.45) is 1.19. The van der Waals surface area contributed by atoms with Crippen LogP contribution in [-0.4, -0.2) is 25.5 Å². The van der Waals surface area contributed by atoms with Crippen molar-refractivity contribution in [3.63, 3.8) is 0 Å². The minimum absolute atomic E-state index is 0.0608. The van der Waals surface area contributed by atoms with Crippen molar-refractivity contribution >= 4 is 9.84 Å². The van der Waals surface area contributed by atoms with E-state index in [2.05, 4.69) is 0 Å². The molecule has 1 aromatic carbocycles. The lowest BCUT2D eigenvalue weighted by Crippen LogP contribution is -2.05. The molecule has 0 aliphatic rings. The van der Waals surface area contributed by atoms with Gasteiger partial charge in [-0.2, -0.15) is 0 Å². The second-order valence-corrected chi connectivity index (χ2v) is 6.10. The fourth-order valence-corrected chi connectivity index (χ4v) is 2.08. The zero-order valence-electron chi connectivity index (χ0n) is 9.06. The average Bonchev–Trinajstić information content (AvgIpc) is 2.16. The Morgan fingerprint density at radius 2 is 1.88 bits per heavy atom. The van der Waals surface area contributed by atoms with Crippen LogP contribution < -0.4 is 0 Å². The molecule has 0 fully saturated rings. The Hall–Kier alpha value is -0.940. The summed E-state index contributed by atoms with van der Waals surface area (Å²) in [5.41, 5.74) is 0.606. The van der Waals surface area contributed by atoms with Crippen molar-refractivity contribution in [2.45, 2.75) is 18.9 Å². The van der Waals surface area contributed by atoms with Gasteiger partial charge in [0.25, 0.3) is 0 Å². The molecule has 5 heteroatoms. The Morgan fingerprint density at radius 3 is 2.38 bits per heavy atom. The van der Waals surface area contributed by atoms with Gasteiger partial charge in [0.15, 0.2) is 0 Å². The van der Waals surface area contributed by atoms with E-state index in [1.54, 1.807) is 0 Å². The molecule has 0 aromatic heterocycles. The maximum Gasteiger partial charge on any atom is 0.147 e. The topological polar surface area (TPSA) is 54.4 Å². The normalized spacial score (nSPS) is 13.7. The van der Waals surface area contributed by atoms with Crippen molar-refractivity contribution in [3.8, 4) is 0 Å². The number of aliphatic hydroxyl groups excluding tert-OH is 1. The van der Waals surface area contributed by atoms with Gasteiger partial charge in [0.05, 0.1) is 6.10 Å². The lowest BCUT2D eigenvalue weighted by Gasteiger charge is -2.10. The number of aliphatic hydroxyl groups is 1. The van der Waals surface area contributed by atoms with Crippen LogP contribution in [0.15, 0.2) is 24.3 Å². The van der Waals surface area contributed by atoms with Crippen molar-refractivity contribution < 1.29 is 17.9 Å². The fraction of sp³-hybridized carbons (Fsp3) is 0.455. The zero-order valence-corrected chi connectivity index (χ0v) is 9.87. The molecule has 0 heterocycles.